The summed E-state index contributed by atoms with van der Waals surface area (Å²) >= 11 is 0. The quantitative estimate of drug-likeness (QED) is 0.905. The summed E-state index contributed by atoms with van der Waals surface area (Å²) in [4.78, 5) is 2.47. The third kappa shape index (κ3) is 2.23. The van der Waals surface area contributed by atoms with Gasteiger partial charge < -0.3 is 15.0 Å². The predicted octanol–water partition coefficient (Wildman–Crippen LogP) is 1.52. The first-order valence-electron chi connectivity index (χ1n) is 7.94. The molecule has 1 saturated heterocycles. The lowest BCUT2D eigenvalue weighted by Gasteiger charge is -2.35. The van der Waals surface area contributed by atoms with Gasteiger partial charge in [0.1, 0.15) is 0 Å². The van der Waals surface area contributed by atoms with Crippen LogP contribution in [0.2, 0.25) is 0 Å². The Bertz CT molecular complexity index is 470. The van der Waals surface area contributed by atoms with Gasteiger partial charge in [-0.2, -0.15) is 5.10 Å². The second-order valence-corrected chi connectivity index (χ2v) is 6.36. The summed E-state index contributed by atoms with van der Waals surface area (Å²) in [7, 11) is 2.05. The van der Waals surface area contributed by atoms with Crippen molar-refractivity contribution in [2.24, 2.45) is 0 Å². The zero-order chi connectivity index (χ0) is 13.5. The molecule has 1 aromatic rings. The Hall–Kier alpha value is -1.07. The van der Waals surface area contributed by atoms with Crippen LogP contribution in [-0.4, -0.2) is 49.2 Å². The summed E-state index contributed by atoms with van der Waals surface area (Å²) < 4.78 is 7.72. The molecule has 0 radical (unpaired) electrons. The fraction of sp³-hybridized carbons (Fsp3) is 0.800. The van der Waals surface area contributed by atoms with E-state index in [4.69, 9.17) is 9.84 Å². The van der Waals surface area contributed by atoms with Crippen LogP contribution in [0.3, 0.4) is 0 Å². The van der Waals surface area contributed by atoms with E-state index in [1.807, 2.05) is 0 Å². The molecule has 110 valence electrons. The molecular formula is C15H24N4O. The SMILES string of the molecule is CN[C@H]1C[C@H](n2cc(N3CCOCC3)c(C3CC3)n2)C1. The van der Waals surface area contributed by atoms with Crippen molar-refractivity contribution in [1.29, 1.82) is 0 Å². The minimum Gasteiger partial charge on any atom is -0.378 e. The number of nitrogens with zero attached hydrogens (tertiary/aromatic N) is 3. The highest BCUT2D eigenvalue weighted by molar-refractivity contribution is 5.52. The number of hydrogen-bond acceptors (Lipinski definition) is 4. The molecule has 2 heterocycles. The maximum Gasteiger partial charge on any atom is 0.0888 e. The minimum atomic E-state index is 0.597. The maximum absolute atomic E-state index is 5.48. The number of aromatic nitrogens is 2. The lowest BCUT2D eigenvalue weighted by Crippen LogP contribution is -2.40. The van der Waals surface area contributed by atoms with Crippen molar-refractivity contribution < 1.29 is 4.74 Å². The van der Waals surface area contributed by atoms with Crippen LogP contribution < -0.4 is 10.2 Å². The first-order valence-corrected chi connectivity index (χ1v) is 7.94. The number of anilines is 1. The van der Waals surface area contributed by atoms with E-state index in [1.165, 1.54) is 37.1 Å². The normalized spacial score (nSPS) is 30.4. The molecule has 3 fully saturated rings. The van der Waals surface area contributed by atoms with Gasteiger partial charge in [-0.1, -0.05) is 0 Å². The Morgan fingerprint density at radius 1 is 1.25 bits per heavy atom. The highest BCUT2D eigenvalue weighted by Crippen LogP contribution is 2.45. The Balaban J connectivity index is 1.55. The molecule has 2 saturated carbocycles. The van der Waals surface area contributed by atoms with Gasteiger partial charge in [0.25, 0.3) is 0 Å². The highest BCUT2D eigenvalue weighted by atomic mass is 16.5. The lowest BCUT2D eigenvalue weighted by atomic mass is 9.87. The van der Waals surface area contributed by atoms with Gasteiger partial charge in [0, 0.05) is 31.2 Å². The summed E-state index contributed by atoms with van der Waals surface area (Å²) in [5, 5.41) is 8.30. The van der Waals surface area contributed by atoms with Gasteiger partial charge in [-0.3, -0.25) is 4.68 Å². The Kier molecular flexibility index (Phi) is 3.19. The standard InChI is InChI=1S/C15H24N4O/c1-16-12-8-13(9-12)19-10-14(15(17-19)11-2-3-11)18-4-6-20-7-5-18/h10-13,16H,2-9H2,1H3/t12-,13-. The fourth-order valence-corrected chi connectivity index (χ4v) is 3.32. The predicted molar refractivity (Wildman–Crippen MR) is 78.4 cm³/mol. The second-order valence-electron chi connectivity index (χ2n) is 6.36. The smallest absolute Gasteiger partial charge is 0.0888 e. The summed E-state index contributed by atoms with van der Waals surface area (Å²) in [6.45, 7) is 3.71. The van der Waals surface area contributed by atoms with Crippen LogP contribution in [0.15, 0.2) is 6.20 Å². The van der Waals surface area contributed by atoms with Crippen LogP contribution in [0.4, 0.5) is 5.69 Å². The van der Waals surface area contributed by atoms with E-state index in [9.17, 15) is 0 Å². The number of ether oxygens (including phenoxy) is 1. The topological polar surface area (TPSA) is 42.3 Å². The number of nitrogens with one attached hydrogen (secondary N) is 1. The molecule has 0 amide bonds. The summed E-state index contributed by atoms with van der Waals surface area (Å²) in [6.07, 6.45) is 7.36. The largest absolute Gasteiger partial charge is 0.378 e. The van der Waals surface area contributed by atoms with E-state index in [0.29, 0.717) is 18.0 Å². The number of rotatable bonds is 4. The van der Waals surface area contributed by atoms with Gasteiger partial charge in [0.05, 0.1) is 30.6 Å². The molecule has 0 aromatic carbocycles. The average Bonchev–Trinajstić information content (AvgIpc) is 3.19. The molecule has 1 N–H and O–H groups in total. The molecule has 2 aliphatic carbocycles. The number of hydrogen-bond donors (Lipinski definition) is 1. The number of morpholine rings is 1. The van der Waals surface area contributed by atoms with Gasteiger partial charge in [-0.05, 0) is 32.7 Å². The summed E-state index contributed by atoms with van der Waals surface area (Å²) in [5.41, 5.74) is 2.73. The van der Waals surface area contributed by atoms with Gasteiger partial charge in [0.2, 0.25) is 0 Å². The molecule has 5 nitrogen and oxygen atoms in total. The first kappa shape index (κ1) is 12.7. The van der Waals surface area contributed by atoms with E-state index in [2.05, 4.69) is 28.1 Å². The van der Waals surface area contributed by atoms with Crippen LogP contribution in [0, 0.1) is 0 Å². The average molecular weight is 276 g/mol. The van der Waals surface area contributed by atoms with Crippen molar-refractivity contribution in [1.82, 2.24) is 15.1 Å². The lowest BCUT2D eigenvalue weighted by molar-refractivity contribution is 0.122. The van der Waals surface area contributed by atoms with Crippen molar-refractivity contribution in [3.63, 3.8) is 0 Å². The van der Waals surface area contributed by atoms with Gasteiger partial charge in [-0.15, -0.1) is 0 Å². The Morgan fingerprint density at radius 2 is 2.00 bits per heavy atom. The molecule has 4 rings (SSSR count). The van der Waals surface area contributed by atoms with Crippen LogP contribution >= 0.6 is 0 Å². The molecule has 0 spiro atoms. The van der Waals surface area contributed by atoms with Crippen molar-refractivity contribution in [2.75, 3.05) is 38.3 Å². The molecule has 3 aliphatic rings. The third-order valence-electron chi connectivity index (χ3n) is 4.95. The zero-order valence-corrected chi connectivity index (χ0v) is 12.2. The molecule has 20 heavy (non-hydrogen) atoms. The first-order chi connectivity index (χ1) is 9.85. The molecule has 5 heteroatoms. The molecular weight excluding hydrogens is 252 g/mol. The van der Waals surface area contributed by atoms with Crippen LogP contribution in [-0.2, 0) is 4.74 Å². The Labute approximate surface area is 120 Å². The van der Waals surface area contributed by atoms with E-state index >= 15 is 0 Å². The van der Waals surface area contributed by atoms with E-state index in [0.717, 1.165) is 26.3 Å². The molecule has 1 aromatic heterocycles. The summed E-state index contributed by atoms with van der Waals surface area (Å²) in [5.74, 6) is 0.717. The molecule has 0 bridgehead atoms. The third-order valence-corrected chi connectivity index (χ3v) is 4.95. The van der Waals surface area contributed by atoms with E-state index < -0.39 is 0 Å². The van der Waals surface area contributed by atoms with Gasteiger partial charge >= 0.3 is 0 Å². The molecule has 0 unspecified atom stereocenters. The monoisotopic (exact) mass is 276 g/mol. The van der Waals surface area contributed by atoms with E-state index in [1.54, 1.807) is 0 Å². The second kappa shape index (κ2) is 5.04. The van der Waals surface area contributed by atoms with Crippen molar-refractivity contribution in [2.45, 2.75) is 43.7 Å². The highest BCUT2D eigenvalue weighted by Gasteiger charge is 2.35. The van der Waals surface area contributed by atoms with Gasteiger partial charge in [0.15, 0.2) is 0 Å². The van der Waals surface area contributed by atoms with E-state index in [-0.39, 0.29) is 0 Å². The molecule has 1 aliphatic heterocycles. The van der Waals surface area contributed by atoms with Gasteiger partial charge in [-0.25, -0.2) is 0 Å². The van der Waals surface area contributed by atoms with Crippen LogP contribution in [0.1, 0.15) is 43.3 Å². The molecule has 0 atom stereocenters. The fourth-order valence-electron chi connectivity index (χ4n) is 3.32. The summed E-state index contributed by atoms with van der Waals surface area (Å²) in [6, 6.07) is 1.28. The van der Waals surface area contributed by atoms with Crippen LogP contribution in [0.5, 0.6) is 0 Å². The van der Waals surface area contributed by atoms with Crippen molar-refractivity contribution in [3.05, 3.63) is 11.9 Å². The zero-order valence-electron chi connectivity index (χ0n) is 12.2. The minimum absolute atomic E-state index is 0.597. The van der Waals surface area contributed by atoms with Crippen molar-refractivity contribution >= 4 is 5.69 Å². The Morgan fingerprint density at radius 3 is 2.65 bits per heavy atom. The van der Waals surface area contributed by atoms with Crippen LogP contribution in [0.25, 0.3) is 0 Å². The maximum atomic E-state index is 5.48. The van der Waals surface area contributed by atoms with Crippen molar-refractivity contribution in [3.8, 4) is 0 Å².